The Labute approximate surface area is 102 Å². The third-order valence-electron chi connectivity index (χ3n) is 2.04. The van der Waals surface area contributed by atoms with Crippen molar-refractivity contribution in [3.8, 4) is 5.88 Å². The summed E-state index contributed by atoms with van der Waals surface area (Å²) in [5.41, 5.74) is 0.821. The zero-order chi connectivity index (χ0) is 12.7. The molecule has 1 aromatic rings. The first-order valence-electron chi connectivity index (χ1n) is 5.50. The molecule has 0 radical (unpaired) electrons. The Morgan fingerprint density at radius 2 is 1.94 bits per heavy atom. The van der Waals surface area contributed by atoms with Crippen molar-refractivity contribution >= 4 is 7.60 Å². The summed E-state index contributed by atoms with van der Waals surface area (Å²) in [4.78, 5) is 3.99. The van der Waals surface area contributed by atoms with Crippen molar-refractivity contribution in [2.75, 3.05) is 20.3 Å². The topological polar surface area (TPSA) is 57.7 Å². The molecule has 0 bridgehead atoms. The summed E-state index contributed by atoms with van der Waals surface area (Å²) in [6.45, 7) is 4.30. The summed E-state index contributed by atoms with van der Waals surface area (Å²) in [5.74, 6) is 0.488. The smallest absolute Gasteiger partial charge is 0.335 e. The Kier molecular flexibility index (Phi) is 5.62. The van der Waals surface area contributed by atoms with Gasteiger partial charge in [0, 0.05) is 12.3 Å². The molecule has 5 nitrogen and oxygen atoms in total. The highest BCUT2D eigenvalue weighted by Gasteiger charge is 2.24. The molecule has 0 N–H and O–H groups in total. The van der Waals surface area contributed by atoms with E-state index >= 15 is 0 Å². The average Bonchev–Trinajstić information content (AvgIpc) is 2.29. The lowest BCUT2D eigenvalue weighted by Gasteiger charge is -2.16. The van der Waals surface area contributed by atoms with Crippen LogP contribution < -0.4 is 4.74 Å². The molecular weight excluding hydrogens is 241 g/mol. The fourth-order valence-corrected chi connectivity index (χ4v) is 3.09. The van der Waals surface area contributed by atoms with E-state index in [0.29, 0.717) is 19.1 Å². The predicted octanol–water partition coefficient (Wildman–Crippen LogP) is 2.86. The molecule has 0 saturated carbocycles. The quantitative estimate of drug-likeness (QED) is 0.705. The van der Waals surface area contributed by atoms with Crippen molar-refractivity contribution in [2.45, 2.75) is 20.0 Å². The van der Waals surface area contributed by atoms with Crippen LogP contribution in [0.25, 0.3) is 0 Å². The van der Waals surface area contributed by atoms with Gasteiger partial charge in [0.15, 0.2) is 0 Å². The molecular formula is C11H18NO4P. The number of hydrogen-bond donors (Lipinski definition) is 0. The van der Waals surface area contributed by atoms with Crippen LogP contribution in [-0.2, 0) is 19.8 Å². The van der Waals surface area contributed by atoms with Crippen molar-refractivity contribution < 1.29 is 18.3 Å². The first kappa shape index (κ1) is 14.2. The molecule has 17 heavy (non-hydrogen) atoms. The predicted molar refractivity (Wildman–Crippen MR) is 65.4 cm³/mol. The van der Waals surface area contributed by atoms with Crippen LogP contribution in [0.2, 0.25) is 0 Å². The van der Waals surface area contributed by atoms with E-state index in [2.05, 4.69) is 4.98 Å². The molecule has 0 fully saturated rings. The minimum Gasteiger partial charge on any atom is -0.481 e. The maximum Gasteiger partial charge on any atom is 0.335 e. The number of ether oxygens (including phenoxy) is 1. The molecule has 1 aromatic heterocycles. The Morgan fingerprint density at radius 1 is 1.29 bits per heavy atom. The highest BCUT2D eigenvalue weighted by molar-refractivity contribution is 7.53. The Morgan fingerprint density at radius 3 is 2.47 bits per heavy atom. The van der Waals surface area contributed by atoms with Gasteiger partial charge in [0.2, 0.25) is 5.88 Å². The van der Waals surface area contributed by atoms with Gasteiger partial charge in [0.25, 0.3) is 0 Å². The van der Waals surface area contributed by atoms with Gasteiger partial charge in [-0.25, -0.2) is 4.98 Å². The molecule has 1 heterocycles. The van der Waals surface area contributed by atoms with E-state index in [9.17, 15) is 4.57 Å². The van der Waals surface area contributed by atoms with Crippen LogP contribution in [0, 0.1) is 0 Å². The van der Waals surface area contributed by atoms with E-state index in [0.717, 1.165) is 5.56 Å². The Bertz CT molecular complexity index is 387. The maximum atomic E-state index is 12.3. The third kappa shape index (κ3) is 4.46. The first-order chi connectivity index (χ1) is 8.13. The van der Waals surface area contributed by atoms with E-state index in [1.54, 1.807) is 32.2 Å². The van der Waals surface area contributed by atoms with Gasteiger partial charge in [-0.05, 0) is 25.5 Å². The summed E-state index contributed by atoms with van der Waals surface area (Å²) < 4.78 is 27.7. The van der Waals surface area contributed by atoms with Crippen LogP contribution in [-0.4, -0.2) is 25.3 Å². The second kappa shape index (κ2) is 6.74. The Hall–Kier alpha value is -0.900. The fraction of sp³-hybridized carbons (Fsp3) is 0.545. The van der Waals surface area contributed by atoms with E-state index < -0.39 is 7.60 Å². The molecule has 0 spiro atoms. The van der Waals surface area contributed by atoms with Gasteiger partial charge in [-0.15, -0.1) is 0 Å². The first-order valence-corrected chi connectivity index (χ1v) is 7.23. The van der Waals surface area contributed by atoms with Crippen LogP contribution >= 0.6 is 7.60 Å². The lowest BCUT2D eigenvalue weighted by atomic mass is 10.3. The molecule has 0 saturated heterocycles. The number of hydrogen-bond acceptors (Lipinski definition) is 5. The second-order valence-electron chi connectivity index (χ2n) is 3.31. The van der Waals surface area contributed by atoms with Gasteiger partial charge in [-0.1, -0.05) is 0 Å². The second-order valence-corrected chi connectivity index (χ2v) is 5.37. The summed E-state index contributed by atoms with van der Waals surface area (Å²) in [6.07, 6.45) is 1.84. The van der Waals surface area contributed by atoms with Crippen molar-refractivity contribution in [1.82, 2.24) is 4.98 Å². The number of methoxy groups -OCH3 is 1. The summed E-state index contributed by atoms with van der Waals surface area (Å²) in [6, 6.07) is 3.50. The maximum absolute atomic E-state index is 12.3. The average molecular weight is 259 g/mol. The molecule has 0 amide bonds. The molecule has 0 unspecified atom stereocenters. The van der Waals surface area contributed by atoms with Crippen molar-refractivity contribution in [3.05, 3.63) is 23.9 Å². The van der Waals surface area contributed by atoms with Gasteiger partial charge in [0.1, 0.15) is 0 Å². The van der Waals surface area contributed by atoms with Crippen LogP contribution in [0.15, 0.2) is 18.3 Å². The molecule has 0 aliphatic heterocycles. The molecule has 0 aliphatic rings. The number of rotatable bonds is 7. The van der Waals surface area contributed by atoms with Gasteiger partial charge in [0.05, 0.1) is 26.5 Å². The van der Waals surface area contributed by atoms with Crippen LogP contribution in [0.4, 0.5) is 0 Å². The monoisotopic (exact) mass is 259 g/mol. The molecule has 96 valence electrons. The van der Waals surface area contributed by atoms with Crippen molar-refractivity contribution in [3.63, 3.8) is 0 Å². The standard InChI is InChI=1S/C11H18NO4P/c1-4-15-17(13,16-5-2)9-10-6-7-12-11(8-10)14-3/h6-8H,4-5,9H2,1-3H3. The Balaban J connectivity index is 2.81. The summed E-state index contributed by atoms with van der Waals surface area (Å²) in [5, 5.41) is 0. The van der Waals surface area contributed by atoms with Gasteiger partial charge in [-0.3, -0.25) is 4.57 Å². The van der Waals surface area contributed by atoms with Gasteiger partial charge in [-0.2, -0.15) is 0 Å². The minimum absolute atomic E-state index is 0.230. The van der Waals surface area contributed by atoms with Crippen LogP contribution in [0.1, 0.15) is 19.4 Å². The minimum atomic E-state index is -3.05. The molecule has 6 heteroatoms. The summed E-state index contributed by atoms with van der Waals surface area (Å²) in [7, 11) is -1.52. The lowest BCUT2D eigenvalue weighted by Crippen LogP contribution is -1.99. The fourth-order valence-electron chi connectivity index (χ4n) is 1.41. The third-order valence-corrected chi connectivity index (χ3v) is 4.09. The van der Waals surface area contributed by atoms with Gasteiger partial charge >= 0.3 is 7.60 Å². The summed E-state index contributed by atoms with van der Waals surface area (Å²) >= 11 is 0. The highest BCUT2D eigenvalue weighted by atomic mass is 31.2. The van der Waals surface area contributed by atoms with E-state index in [-0.39, 0.29) is 6.16 Å². The zero-order valence-corrected chi connectivity index (χ0v) is 11.3. The number of pyridine rings is 1. The van der Waals surface area contributed by atoms with Crippen LogP contribution in [0.3, 0.4) is 0 Å². The van der Waals surface area contributed by atoms with E-state index in [1.165, 1.54) is 7.11 Å². The number of nitrogens with zero attached hydrogens (tertiary/aromatic N) is 1. The normalized spacial score (nSPS) is 11.5. The molecule has 0 aliphatic carbocycles. The lowest BCUT2D eigenvalue weighted by molar-refractivity contribution is 0.219. The molecule has 1 rings (SSSR count). The molecule has 0 atom stereocenters. The van der Waals surface area contributed by atoms with E-state index in [1.807, 2.05) is 0 Å². The van der Waals surface area contributed by atoms with Gasteiger partial charge < -0.3 is 13.8 Å². The zero-order valence-electron chi connectivity index (χ0n) is 10.4. The largest absolute Gasteiger partial charge is 0.481 e. The molecule has 0 aromatic carbocycles. The van der Waals surface area contributed by atoms with Crippen molar-refractivity contribution in [1.29, 1.82) is 0 Å². The SMILES string of the molecule is CCOP(=O)(Cc1ccnc(OC)c1)OCC. The van der Waals surface area contributed by atoms with Crippen LogP contribution in [0.5, 0.6) is 5.88 Å². The highest BCUT2D eigenvalue weighted by Crippen LogP contribution is 2.51. The van der Waals surface area contributed by atoms with E-state index in [4.69, 9.17) is 13.8 Å². The van der Waals surface area contributed by atoms with Crippen molar-refractivity contribution in [2.24, 2.45) is 0 Å². The number of aromatic nitrogens is 1.